The van der Waals surface area contributed by atoms with Crippen LogP contribution in [0, 0.1) is 11.3 Å². The first-order chi connectivity index (χ1) is 33.8. The molecule has 3 aromatic carbocycles. The second-order valence-electron chi connectivity index (χ2n) is 21.2. The number of aryl methyl sites for hydroxylation is 1. The molecule has 1 fully saturated rings. The number of carbonyl (C=O) groups is 4. The number of phenolic OH excluding ortho intramolecular Hbond substituents is 1. The molecule has 0 spiro atoms. The lowest BCUT2D eigenvalue weighted by molar-refractivity contribution is -0.155. The van der Waals surface area contributed by atoms with E-state index in [1.54, 1.807) is 24.4 Å². The second-order valence-corrected chi connectivity index (χ2v) is 21.2. The summed E-state index contributed by atoms with van der Waals surface area (Å²) in [5.74, 6) is -1.30. The van der Waals surface area contributed by atoms with Gasteiger partial charge < -0.3 is 29.5 Å². The Labute approximate surface area is 420 Å². The Morgan fingerprint density at radius 2 is 1.75 bits per heavy atom. The highest BCUT2D eigenvalue weighted by Gasteiger charge is 2.37. The molecule has 6 bridgehead atoms. The molecular weight excluding hydrogens is 893 g/mol. The maximum absolute atomic E-state index is 14.8. The third kappa shape index (κ3) is 13.0. The van der Waals surface area contributed by atoms with Crippen molar-refractivity contribution in [3.8, 4) is 28.1 Å². The maximum atomic E-state index is 14.8. The number of hydrogen-bond acceptors (Lipinski definition) is 11. The fourth-order valence-electron chi connectivity index (χ4n) is 10.2. The summed E-state index contributed by atoms with van der Waals surface area (Å²) in [6.45, 7) is 13.3. The number of nitrogens with one attached hydrogen (secondary N) is 2. The molecule has 2 aliphatic heterocycles. The lowest BCUT2D eigenvalue weighted by atomic mass is 9.84. The second kappa shape index (κ2) is 22.9. The Kier molecular flexibility index (Phi) is 17.0. The van der Waals surface area contributed by atoms with Gasteiger partial charge in [-0.2, -0.15) is 0 Å². The van der Waals surface area contributed by atoms with Crippen LogP contribution < -0.4 is 10.7 Å². The van der Waals surface area contributed by atoms with Gasteiger partial charge in [-0.05, 0) is 137 Å². The number of hydrogen-bond donors (Lipinski definition) is 3. The number of phenols is 1. The number of ketones is 1. The standard InChI is InChI=1S/C57H74N8O6/c1-11-64-51-23-21-40-31-47(51)48(53(64)46-18-13-12-16-41(46)34-62(8)9)32-57(4,5)36-71-56(70)49-19-15-25-65(60-49)55(69)50(29-39-26-42(40)30-45(67)28-39)59-54(68)52(37(2)3)63(10)35-43-22-20-38(33-58-43)27-44(66)17-14-24-61(6)7/h12-14,16-18,20-23,26,28,30-31,33,37,49-50,52,60,67H,11,15,19,24-25,27,29,32,34-36H2,1-10H3,(H,59,68)/b17-14+/t49-,50-,52-/m0/s1. The van der Waals surface area contributed by atoms with Crippen molar-refractivity contribution in [2.24, 2.45) is 11.3 Å². The van der Waals surface area contributed by atoms with Gasteiger partial charge in [-0.15, -0.1) is 0 Å². The highest BCUT2D eigenvalue weighted by Crippen LogP contribution is 2.41. The lowest BCUT2D eigenvalue weighted by Gasteiger charge is -2.36. The fourth-order valence-corrected chi connectivity index (χ4v) is 10.2. The number of aromatic hydroxyl groups is 1. The highest BCUT2D eigenvalue weighted by molar-refractivity contribution is 5.96. The summed E-state index contributed by atoms with van der Waals surface area (Å²) in [4.78, 5) is 66.7. The van der Waals surface area contributed by atoms with Gasteiger partial charge in [-0.3, -0.25) is 34.1 Å². The summed E-state index contributed by atoms with van der Waals surface area (Å²) in [5.41, 5.74) is 12.3. The average molecular weight is 967 g/mol. The van der Waals surface area contributed by atoms with E-state index in [1.165, 1.54) is 10.6 Å². The molecule has 2 aromatic heterocycles. The quantitative estimate of drug-likeness (QED) is 0.0723. The molecule has 14 nitrogen and oxygen atoms in total. The summed E-state index contributed by atoms with van der Waals surface area (Å²) in [7, 11) is 9.90. The number of aromatic nitrogens is 2. The Morgan fingerprint density at radius 1 is 0.972 bits per heavy atom. The molecule has 0 radical (unpaired) electrons. The van der Waals surface area contributed by atoms with Gasteiger partial charge in [0.05, 0.1) is 24.0 Å². The number of esters is 1. The van der Waals surface area contributed by atoms with E-state index in [0.717, 1.165) is 63.2 Å². The van der Waals surface area contributed by atoms with Crippen molar-refractivity contribution in [2.45, 2.75) is 104 Å². The molecule has 2 amide bonds. The fraction of sp³-hybridized carbons (Fsp3) is 0.456. The Bertz CT molecular complexity index is 2740. The minimum atomic E-state index is -1.06. The number of hydrazine groups is 1. The van der Waals surface area contributed by atoms with E-state index in [0.29, 0.717) is 44.5 Å². The minimum absolute atomic E-state index is 0.00456. The molecule has 378 valence electrons. The molecular formula is C57H74N8O6. The van der Waals surface area contributed by atoms with Crippen LogP contribution in [0.3, 0.4) is 0 Å². The van der Waals surface area contributed by atoms with E-state index in [-0.39, 0.29) is 42.8 Å². The summed E-state index contributed by atoms with van der Waals surface area (Å²) < 4.78 is 8.55. The van der Waals surface area contributed by atoms with Gasteiger partial charge in [-0.1, -0.05) is 76.2 Å². The number of benzene rings is 3. The zero-order valence-corrected chi connectivity index (χ0v) is 43.4. The van der Waals surface area contributed by atoms with E-state index in [2.05, 4.69) is 103 Å². The number of rotatable bonds is 15. The molecule has 3 atom stereocenters. The van der Waals surface area contributed by atoms with Crippen molar-refractivity contribution in [2.75, 3.05) is 54.9 Å². The van der Waals surface area contributed by atoms with Crippen LogP contribution in [0.4, 0.5) is 0 Å². The van der Waals surface area contributed by atoms with Gasteiger partial charge in [0.2, 0.25) is 5.91 Å². The normalized spacial score (nSPS) is 18.1. The van der Waals surface area contributed by atoms with Crippen molar-refractivity contribution in [1.29, 1.82) is 0 Å². The van der Waals surface area contributed by atoms with E-state index in [1.807, 2.05) is 69.1 Å². The minimum Gasteiger partial charge on any atom is -0.508 e. The van der Waals surface area contributed by atoms with Gasteiger partial charge in [0.15, 0.2) is 5.78 Å². The number of cyclic esters (lactones) is 1. The summed E-state index contributed by atoms with van der Waals surface area (Å²) >= 11 is 0. The van der Waals surface area contributed by atoms with Crippen LogP contribution in [-0.4, -0.2) is 131 Å². The number of fused-ring (bicyclic) bond motifs is 6. The van der Waals surface area contributed by atoms with Crippen molar-refractivity contribution in [3.63, 3.8) is 0 Å². The Balaban J connectivity index is 1.24. The van der Waals surface area contributed by atoms with Crippen LogP contribution in [-0.2, 0) is 62.8 Å². The lowest BCUT2D eigenvalue weighted by Crippen LogP contribution is -2.61. The predicted molar refractivity (Wildman–Crippen MR) is 280 cm³/mol. The molecule has 1 saturated heterocycles. The molecule has 14 heteroatoms. The Hall–Kier alpha value is -6.19. The van der Waals surface area contributed by atoms with Crippen LogP contribution in [0.1, 0.15) is 75.4 Å². The monoisotopic (exact) mass is 967 g/mol. The van der Waals surface area contributed by atoms with Gasteiger partial charge >= 0.3 is 5.97 Å². The van der Waals surface area contributed by atoms with Crippen LogP contribution in [0.5, 0.6) is 5.75 Å². The SMILES string of the molecule is CCn1c(-c2ccccc2CN(C)C)c2c3cc(ccc31)-c1cc(O)cc(c1)C[C@H](NC(=O)[C@H](C(C)C)N(C)Cc1ccc(CC(=O)/C=C/CN(C)C)cn1)C(=O)N1CCC[C@H](N1)C(=O)OCC(C)(C)C2. The number of carbonyl (C=O) groups excluding carboxylic acids is 4. The first-order valence-corrected chi connectivity index (χ1v) is 25.0. The van der Waals surface area contributed by atoms with E-state index in [4.69, 9.17) is 4.74 Å². The zero-order chi connectivity index (χ0) is 51.1. The summed E-state index contributed by atoms with van der Waals surface area (Å²) in [6, 6.07) is 21.6. The van der Waals surface area contributed by atoms with E-state index >= 15 is 0 Å². The van der Waals surface area contributed by atoms with Crippen molar-refractivity contribution in [1.82, 2.24) is 40.0 Å². The van der Waals surface area contributed by atoms with Gasteiger partial charge in [0, 0.05) is 73.6 Å². The van der Waals surface area contributed by atoms with Crippen molar-refractivity contribution >= 4 is 34.5 Å². The van der Waals surface area contributed by atoms with Crippen LogP contribution in [0.15, 0.2) is 91.1 Å². The van der Waals surface area contributed by atoms with Gasteiger partial charge in [-0.25, -0.2) is 5.43 Å². The number of nitrogens with zero attached hydrogens (tertiary/aromatic N) is 6. The van der Waals surface area contributed by atoms with Crippen LogP contribution in [0.25, 0.3) is 33.3 Å². The average Bonchev–Trinajstić information content (AvgIpc) is 3.61. The van der Waals surface area contributed by atoms with Crippen molar-refractivity contribution in [3.05, 3.63) is 119 Å². The smallest absolute Gasteiger partial charge is 0.324 e. The maximum Gasteiger partial charge on any atom is 0.324 e. The number of allylic oxidation sites excluding steroid dienone is 1. The van der Waals surface area contributed by atoms with Crippen LogP contribution in [0.2, 0.25) is 0 Å². The third-order valence-corrected chi connectivity index (χ3v) is 13.4. The molecule has 3 N–H and O–H groups in total. The number of amides is 2. The molecule has 0 aliphatic carbocycles. The first-order valence-electron chi connectivity index (χ1n) is 25.0. The largest absolute Gasteiger partial charge is 0.508 e. The third-order valence-electron chi connectivity index (χ3n) is 13.4. The summed E-state index contributed by atoms with van der Waals surface area (Å²) in [6.07, 6.45) is 7.10. The molecule has 7 rings (SSSR count). The number of likely N-dealkylation sites (N-methyl/N-ethyl adjacent to an activating group) is 2. The molecule has 71 heavy (non-hydrogen) atoms. The molecule has 4 heterocycles. The molecule has 5 aromatic rings. The number of ether oxygens (including phenoxy) is 1. The first kappa shape index (κ1) is 52.6. The zero-order valence-electron chi connectivity index (χ0n) is 43.4. The molecule has 0 unspecified atom stereocenters. The molecule has 2 aliphatic rings. The van der Waals surface area contributed by atoms with Gasteiger partial charge in [0.25, 0.3) is 5.91 Å². The van der Waals surface area contributed by atoms with Gasteiger partial charge in [0.1, 0.15) is 17.8 Å². The molecule has 0 saturated carbocycles. The topological polar surface area (TPSA) is 153 Å². The van der Waals surface area contributed by atoms with E-state index in [9.17, 15) is 24.3 Å². The van der Waals surface area contributed by atoms with E-state index < -0.39 is 35.4 Å². The number of pyridine rings is 1. The van der Waals surface area contributed by atoms with Crippen molar-refractivity contribution < 1.29 is 29.0 Å². The highest BCUT2D eigenvalue weighted by atomic mass is 16.5. The van der Waals surface area contributed by atoms with Crippen LogP contribution >= 0.6 is 0 Å². The predicted octanol–water partition coefficient (Wildman–Crippen LogP) is 7.19. The summed E-state index contributed by atoms with van der Waals surface area (Å²) in [5, 5.41) is 17.0. The Morgan fingerprint density at radius 3 is 2.45 bits per heavy atom.